The second-order valence-corrected chi connectivity index (χ2v) is 3.97. The minimum Gasteiger partial charge on any atom is -0.482 e. The Bertz CT molecular complexity index is 462. The molecule has 0 aliphatic carbocycles. The Morgan fingerprint density at radius 3 is 2.72 bits per heavy atom. The summed E-state index contributed by atoms with van der Waals surface area (Å²) in [6.07, 6.45) is -0.644. The summed E-state index contributed by atoms with van der Waals surface area (Å²) in [6.45, 7) is 1.23. The maximum absolute atomic E-state index is 11.1. The summed E-state index contributed by atoms with van der Waals surface area (Å²) in [5.74, 6) is -0.390. The van der Waals surface area contributed by atoms with Crippen molar-refractivity contribution in [1.29, 1.82) is 0 Å². The molecule has 0 aliphatic rings. The predicted molar refractivity (Wildman–Crippen MR) is 65.3 cm³/mol. The van der Waals surface area contributed by atoms with E-state index in [-0.39, 0.29) is 17.4 Å². The SMILES string of the molecule is CC(O)c1ccc(OCC(=O)NC(N)=O)c(Cl)c1. The molecule has 0 spiro atoms. The van der Waals surface area contributed by atoms with Crippen molar-refractivity contribution in [2.24, 2.45) is 5.73 Å². The smallest absolute Gasteiger partial charge is 0.318 e. The van der Waals surface area contributed by atoms with E-state index < -0.39 is 18.0 Å². The van der Waals surface area contributed by atoms with Crippen molar-refractivity contribution in [1.82, 2.24) is 5.32 Å². The number of amides is 3. The van der Waals surface area contributed by atoms with Crippen LogP contribution in [0.25, 0.3) is 0 Å². The van der Waals surface area contributed by atoms with Crippen LogP contribution in [0.5, 0.6) is 5.75 Å². The summed E-state index contributed by atoms with van der Waals surface area (Å²) in [5, 5.41) is 11.5. The summed E-state index contributed by atoms with van der Waals surface area (Å²) in [7, 11) is 0. The topological polar surface area (TPSA) is 102 Å². The number of imide groups is 1. The zero-order chi connectivity index (χ0) is 13.7. The van der Waals surface area contributed by atoms with Crippen LogP contribution in [0.1, 0.15) is 18.6 Å². The fraction of sp³-hybridized carbons (Fsp3) is 0.273. The molecule has 1 aromatic rings. The van der Waals surface area contributed by atoms with E-state index in [4.69, 9.17) is 22.1 Å². The molecule has 0 saturated heterocycles. The van der Waals surface area contributed by atoms with E-state index in [1.165, 1.54) is 12.1 Å². The zero-order valence-electron chi connectivity index (χ0n) is 9.64. The molecule has 6 nitrogen and oxygen atoms in total. The molecule has 18 heavy (non-hydrogen) atoms. The number of halogens is 1. The molecular formula is C11H13ClN2O4. The van der Waals surface area contributed by atoms with Crippen LogP contribution in [0.4, 0.5) is 4.79 Å². The first kappa shape index (κ1) is 14.3. The molecule has 0 radical (unpaired) electrons. The van der Waals surface area contributed by atoms with Crippen molar-refractivity contribution in [2.75, 3.05) is 6.61 Å². The van der Waals surface area contributed by atoms with Crippen molar-refractivity contribution in [2.45, 2.75) is 13.0 Å². The summed E-state index contributed by atoms with van der Waals surface area (Å²) in [6, 6.07) is 3.74. The third-order valence-electron chi connectivity index (χ3n) is 2.06. The molecule has 0 aromatic heterocycles. The first-order valence-corrected chi connectivity index (χ1v) is 5.47. The maximum atomic E-state index is 11.1. The second-order valence-electron chi connectivity index (χ2n) is 3.57. The van der Waals surface area contributed by atoms with Crippen molar-refractivity contribution in [3.05, 3.63) is 28.8 Å². The minimum atomic E-state index is -0.945. The van der Waals surface area contributed by atoms with Crippen molar-refractivity contribution in [3.63, 3.8) is 0 Å². The average molecular weight is 273 g/mol. The van der Waals surface area contributed by atoms with E-state index in [0.717, 1.165) is 0 Å². The summed E-state index contributed by atoms with van der Waals surface area (Å²) in [4.78, 5) is 21.5. The minimum absolute atomic E-state index is 0.264. The van der Waals surface area contributed by atoms with Gasteiger partial charge in [-0.05, 0) is 24.6 Å². The van der Waals surface area contributed by atoms with Gasteiger partial charge in [-0.2, -0.15) is 0 Å². The van der Waals surface area contributed by atoms with Gasteiger partial charge < -0.3 is 15.6 Å². The van der Waals surface area contributed by atoms with Crippen LogP contribution in [-0.4, -0.2) is 23.7 Å². The van der Waals surface area contributed by atoms with Crippen LogP contribution in [0, 0.1) is 0 Å². The number of primary amides is 1. The fourth-order valence-corrected chi connectivity index (χ4v) is 1.45. The monoisotopic (exact) mass is 272 g/mol. The number of carbonyl (C=O) groups is 2. The molecule has 1 aromatic carbocycles. The van der Waals surface area contributed by atoms with Gasteiger partial charge in [0.05, 0.1) is 11.1 Å². The molecule has 0 fully saturated rings. The molecule has 0 bridgehead atoms. The van der Waals surface area contributed by atoms with Gasteiger partial charge in [-0.3, -0.25) is 10.1 Å². The van der Waals surface area contributed by atoms with E-state index in [2.05, 4.69) is 0 Å². The van der Waals surface area contributed by atoms with Gasteiger partial charge in [-0.25, -0.2) is 4.79 Å². The number of carbonyl (C=O) groups excluding carboxylic acids is 2. The molecule has 4 N–H and O–H groups in total. The number of aliphatic hydroxyl groups excluding tert-OH is 1. The predicted octanol–water partition coefficient (Wildman–Crippen LogP) is 0.967. The van der Waals surface area contributed by atoms with Gasteiger partial charge in [0.1, 0.15) is 5.75 Å². The molecule has 0 heterocycles. The molecule has 0 saturated carbocycles. The van der Waals surface area contributed by atoms with Gasteiger partial charge >= 0.3 is 6.03 Å². The normalized spacial score (nSPS) is 11.7. The Balaban J connectivity index is 2.63. The molecule has 7 heteroatoms. The summed E-state index contributed by atoms with van der Waals surface area (Å²) < 4.78 is 5.10. The highest BCUT2D eigenvalue weighted by Gasteiger charge is 2.09. The third kappa shape index (κ3) is 4.23. The van der Waals surface area contributed by atoms with Gasteiger partial charge in [-0.15, -0.1) is 0 Å². The number of benzene rings is 1. The number of aliphatic hydroxyl groups is 1. The molecule has 1 atom stereocenters. The lowest BCUT2D eigenvalue weighted by atomic mass is 10.1. The van der Waals surface area contributed by atoms with E-state index in [0.29, 0.717) is 5.56 Å². The van der Waals surface area contributed by atoms with Gasteiger partial charge in [0.15, 0.2) is 6.61 Å². The molecule has 3 amide bonds. The highest BCUT2D eigenvalue weighted by Crippen LogP contribution is 2.27. The number of ether oxygens (including phenoxy) is 1. The Hall–Kier alpha value is -1.79. The van der Waals surface area contributed by atoms with Crippen LogP contribution < -0.4 is 15.8 Å². The fourth-order valence-electron chi connectivity index (χ4n) is 1.21. The molecule has 98 valence electrons. The standard InChI is InChI=1S/C11H13ClN2O4/c1-6(15)7-2-3-9(8(12)4-7)18-5-10(16)14-11(13)17/h2-4,6,15H,5H2,1H3,(H3,13,14,16,17). The van der Waals surface area contributed by atoms with Crippen LogP contribution >= 0.6 is 11.6 Å². The highest BCUT2D eigenvalue weighted by molar-refractivity contribution is 6.32. The van der Waals surface area contributed by atoms with Gasteiger partial charge in [-0.1, -0.05) is 17.7 Å². The average Bonchev–Trinajstić information content (AvgIpc) is 2.26. The van der Waals surface area contributed by atoms with Crippen molar-refractivity contribution >= 4 is 23.5 Å². The van der Waals surface area contributed by atoms with E-state index in [1.54, 1.807) is 13.0 Å². The van der Waals surface area contributed by atoms with Crippen molar-refractivity contribution < 1.29 is 19.4 Å². The van der Waals surface area contributed by atoms with E-state index >= 15 is 0 Å². The molecule has 1 unspecified atom stereocenters. The lowest BCUT2D eigenvalue weighted by Crippen LogP contribution is -2.38. The number of urea groups is 1. The lowest BCUT2D eigenvalue weighted by Gasteiger charge is -2.10. The summed E-state index contributed by atoms with van der Waals surface area (Å²) in [5.41, 5.74) is 5.40. The second kappa shape index (κ2) is 6.23. The Morgan fingerprint density at radius 2 is 2.22 bits per heavy atom. The first-order chi connectivity index (χ1) is 8.40. The first-order valence-electron chi connectivity index (χ1n) is 5.09. The van der Waals surface area contributed by atoms with Crippen LogP contribution in [0.15, 0.2) is 18.2 Å². The third-order valence-corrected chi connectivity index (χ3v) is 2.36. The van der Waals surface area contributed by atoms with E-state index in [1.807, 2.05) is 5.32 Å². The van der Waals surface area contributed by atoms with Crippen molar-refractivity contribution in [3.8, 4) is 5.75 Å². The van der Waals surface area contributed by atoms with Gasteiger partial charge in [0, 0.05) is 0 Å². The molecular weight excluding hydrogens is 260 g/mol. The van der Waals surface area contributed by atoms with Gasteiger partial charge in [0.2, 0.25) is 0 Å². The van der Waals surface area contributed by atoms with Crippen LogP contribution in [-0.2, 0) is 4.79 Å². The Morgan fingerprint density at radius 1 is 1.56 bits per heavy atom. The molecule has 0 aliphatic heterocycles. The summed E-state index contributed by atoms with van der Waals surface area (Å²) >= 11 is 5.90. The van der Waals surface area contributed by atoms with E-state index in [9.17, 15) is 14.7 Å². The molecule has 1 rings (SSSR count). The zero-order valence-corrected chi connectivity index (χ0v) is 10.4. The lowest BCUT2D eigenvalue weighted by molar-refractivity contribution is -0.121. The van der Waals surface area contributed by atoms with Crippen LogP contribution in [0.3, 0.4) is 0 Å². The number of hydrogen-bond donors (Lipinski definition) is 3. The highest BCUT2D eigenvalue weighted by atomic mass is 35.5. The number of rotatable bonds is 4. The maximum Gasteiger partial charge on any atom is 0.318 e. The Kier molecular flexibility index (Phi) is 4.94. The largest absolute Gasteiger partial charge is 0.482 e. The number of nitrogens with one attached hydrogen (secondary N) is 1. The van der Waals surface area contributed by atoms with Crippen LogP contribution in [0.2, 0.25) is 5.02 Å². The number of hydrogen-bond acceptors (Lipinski definition) is 4. The Labute approximate surface area is 109 Å². The quantitative estimate of drug-likeness (QED) is 0.760. The number of nitrogens with two attached hydrogens (primary N) is 1. The van der Waals surface area contributed by atoms with Gasteiger partial charge in [0.25, 0.3) is 5.91 Å².